The number of allylic oxidation sites excluding steroid dienone is 1. The van der Waals surface area contributed by atoms with Gasteiger partial charge < -0.3 is 50.5 Å². The molecule has 0 aromatic heterocycles. The Kier molecular flexibility index (Phi) is 36.5. The molecule has 0 bridgehead atoms. The first-order valence-electron chi connectivity index (χ1n) is 24.6. The van der Waals surface area contributed by atoms with Crippen molar-refractivity contribution in [2.24, 2.45) is 0 Å². The molecule has 0 aromatic carbocycles. The van der Waals surface area contributed by atoms with Crippen LogP contribution in [0.25, 0.3) is 0 Å². The number of rotatable bonds is 41. The second kappa shape index (κ2) is 38.5. The van der Waals surface area contributed by atoms with Crippen molar-refractivity contribution in [1.82, 2.24) is 5.32 Å². The number of amides is 1. The van der Waals surface area contributed by atoms with Crippen molar-refractivity contribution in [3.05, 3.63) is 12.2 Å². The molecule has 1 heterocycles. The molecule has 1 rings (SSSR count). The number of carbonyl (C=O) groups is 1. The topological polar surface area (TPSA) is 189 Å². The van der Waals surface area contributed by atoms with Crippen molar-refractivity contribution >= 4 is 5.91 Å². The first-order valence-corrected chi connectivity index (χ1v) is 24.6. The van der Waals surface area contributed by atoms with Crippen molar-refractivity contribution in [1.29, 1.82) is 0 Å². The minimum absolute atomic E-state index is 0.132. The largest absolute Gasteiger partial charge is 0.394 e. The molecular formula is C48H93NO10. The van der Waals surface area contributed by atoms with Gasteiger partial charge in [0.2, 0.25) is 5.91 Å². The van der Waals surface area contributed by atoms with Gasteiger partial charge in [0.25, 0.3) is 0 Å². The van der Waals surface area contributed by atoms with Gasteiger partial charge in [-0.2, -0.15) is 0 Å². The van der Waals surface area contributed by atoms with Crippen molar-refractivity contribution in [2.45, 2.75) is 274 Å². The number of ether oxygens (including phenoxy) is 2. The number of unbranched alkanes of at least 4 members (excludes halogenated alkanes) is 28. The van der Waals surface area contributed by atoms with Crippen LogP contribution in [0.2, 0.25) is 0 Å². The lowest BCUT2D eigenvalue weighted by atomic mass is 9.99. The van der Waals surface area contributed by atoms with Gasteiger partial charge in [-0.15, -0.1) is 0 Å². The van der Waals surface area contributed by atoms with Gasteiger partial charge in [0.1, 0.15) is 36.6 Å². The third-order valence-electron chi connectivity index (χ3n) is 12.1. The smallest absolute Gasteiger partial charge is 0.249 e. The number of aliphatic hydroxyl groups excluding tert-OH is 7. The van der Waals surface area contributed by atoms with Crippen LogP contribution in [0, 0.1) is 0 Å². The summed E-state index contributed by atoms with van der Waals surface area (Å²) >= 11 is 0. The number of hydrogen-bond acceptors (Lipinski definition) is 10. The van der Waals surface area contributed by atoms with Gasteiger partial charge in [-0.1, -0.05) is 206 Å². The Labute approximate surface area is 360 Å². The molecule has 9 atom stereocenters. The van der Waals surface area contributed by atoms with Crippen LogP contribution in [0.1, 0.15) is 219 Å². The standard InChI is InChI=1S/C48H93NO10/c1-3-5-7-9-11-13-15-17-18-19-20-21-22-23-24-26-28-30-32-34-36-41(52)47(57)49-39(38-58-48-46(56)45(55)44(54)42(37-50)59-48)43(53)40(51)35-33-31-29-27-25-16-14-12-10-8-6-4-2/h31,33,39-46,48,50-56H,3-30,32,34-38H2,1-2H3,(H,49,57)/t39-,40+,41+,42+,43-,44-,45-,46+,48+/m0/s1. The molecule has 8 N–H and O–H groups in total. The van der Waals surface area contributed by atoms with Crippen LogP contribution in [-0.4, -0.2) is 110 Å². The van der Waals surface area contributed by atoms with Gasteiger partial charge in [-0.05, 0) is 25.7 Å². The molecule has 0 spiro atoms. The fourth-order valence-electron chi connectivity index (χ4n) is 7.97. The zero-order chi connectivity index (χ0) is 43.4. The van der Waals surface area contributed by atoms with Gasteiger partial charge in [-0.3, -0.25) is 4.79 Å². The second-order valence-corrected chi connectivity index (χ2v) is 17.5. The molecule has 0 saturated carbocycles. The fourth-order valence-corrected chi connectivity index (χ4v) is 7.97. The molecule has 11 nitrogen and oxygen atoms in total. The maximum Gasteiger partial charge on any atom is 0.249 e. The summed E-state index contributed by atoms with van der Waals surface area (Å²) in [5.41, 5.74) is 0. The maximum atomic E-state index is 13.1. The van der Waals surface area contributed by atoms with Gasteiger partial charge in [0.15, 0.2) is 6.29 Å². The van der Waals surface area contributed by atoms with Gasteiger partial charge >= 0.3 is 0 Å². The van der Waals surface area contributed by atoms with Crippen LogP contribution < -0.4 is 5.32 Å². The third kappa shape index (κ3) is 28.2. The van der Waals surface area contributed by atoms with Crippen molar-refractivity contribution in [3.63, 3.8) is 0 Å². The zero-order valence-corrected chi connectivity index (χ0v) is 37.7. The first-order chi connectivity index (χ1) is 28.7. The molecular weight excluding hydrogens is 751 g/mol. The lowest BCUT2D eigenvalue weighted by Crippen LogP contribution is -2.60. The minimum atomic E-state index is -1.67. The normalized spacial score (nSPS) is 21.8. The lowest BCUT2D eigenvalue weighted by molar-refractivity contribution is -0.303. The predicted molar refractivity (Wildman–Crippen MR) is 238 cm³/mol. The van der Waals surface area contributed by atoms with E-state index in [0.717, 1.165) is 38.5 Å². The van der Waals surface area contributed by atoms with Crippen molar-refractivity contribution in [3.8, 4) is 0 Å². The summed E-state index contributed by atoms with van der Waals surface area (Å²) in [6.45, 7) is 3.41. The summed E-state index contributed by atoms with van der Waals surface area (Å²) in [4.78, 5) is 13.1. The van der Waals surface area contributed by atoms with Crippen LogP contribution in [0.4, 0.5) is 0 Å². The van der Waals surface area contributed by atoms with E-state index >= 15 is 0 Å². The van der Waals surface area contributed by atoms with Crippen LogP contribution in [-0.2, 0) is 14.3 Å². The van der Waals surface area contributed by atoms with E-state index in [-0.39, 0.29) is 12.8 Å². The summed E-state index contributed by atoms with van der Waals surface area (Å²) in [5.74, 6) is -0.711. The van der Waals surface area contributed by atoms with E-state index in [1.54, 1.807) is 0 Å². The average Bonchev–Trinajstić information content (AvgIpc) is 3.23. The second-order valence-electron chi connectivity index (χ2n) is 17.5. The number of hydrogen-bond donors (Lipinski definition) is 8. The summed E-state index contributed by atoms with van der Waals surface area (Å²) in [5, 5.41) is 75.6. The van der Waals surface area contributed by atoms with E-state index in [2.05, 4.69) is 19.2 Å². The van der Waals surface area contributed by atoms with Gasteiger partial charge in [0, 0.05) is 0 Å². The molecule has 1 fully saturated rings. The summed E-state index contributed by atoms with van der Waals surface area (Å²) in [7, 11) is 0. The van der Waals surface area contributed by atoms with Crippen LogP contribution in [0.15, 0.2) is 12.2 Å². The lowest BCUT2D eigenvalue weighted by Gasteiger charge is -2.40. The molecule has 1 aliphatic heterocycles. The Hall–Kier alpha value is -1.15. The Morgan fingerprint density at radius 1 is 0.593 bits per heavy atom. The average molecular weight is 844 g/mol. The highest BCUT2D eigenvalue weighted by Gasteiger charge is 2.44. The molecule has 0 aromatic rings. The number of aliphatic hydroxyl groups is 7. The van der Waals surface area contributed by atoms with Crippen LogP contribution in [0.5, 0.6) is 0 Å². The Morgan fingerprint density at radius 3 is 1.46 bits per heavy atom. The molecule has 0 aliphatic carbocycles. The summed E-state index contributed by atoms with van der Waals surface area (Å²) in [6.07, 6.45) is 29.9. The fraction of sp³-hybridized carbons (Fsp3) is 0.938. The van der Waals surface area contributed by atoms with Crippen LogP contribution >= 0.6 is 0 Å². The highest BCUT2D eigenvalue weighted by atomic mass is 16.7. The monoisotopic (exact) mass is 844 g/mol. The zero-order valence-electron chi connectivity index (χ0n) is 37.7. The van der Waals surface area contributed by atoms with Gasteiger partial charge in [0.05, 0.1) is 25.4 Å². The summed E-state index contributed by atoms with van der Waals surface area (Å²) in [6, 6.07) is -1.19. The highest BCUT2D eigenvalue weighted by molar-refractivity contribution is 5.80. The molecule has 59 heavy (non-hydrogen) atoms. The summed E-state index contributed by atoms with van der Waals surface area (Å²) < 4.78 is 11.1. The third-order valence-corrected chi connectivity index (χ3v) is 12.1. The quantitative estimate of drug-likeness (QED) is 0.0219. The van der Waals surface area contributed by atoms with E-state index in [1.165, 1.54) is 148 Å². The maximum absolute atomic E-state index is 13.1. The van der Waals surface area contributed by atoms with E-state index < -0.39 is 74.2 Å². The molecule has 350 valence electrons. The molecule has 0 unspecified atom stereocenters. The number of carbonyl (C=O) groups excluding carboxylic acids is 1. The van der Waals surface area contributed by atoms with E-state index in [1.807, 2.05) is 12.2 Å². The van der Waals surface area contributed by atoms with E-state index in [4.69, 9.17) is 9.47 Å². The molecule has 1 amide bonds. The number of nitrogens with one attached hydrogen (secondary N) is 1. The van der Waals surface area contributed by atoms with Crippen LogP contribution in [0.3, 0.4) is 0 Å². The molecule has 1 saturated heterocycles. The van der Waals surface area contributed by atoms with E-state index in [9.17, 15) is 40.5 Å². The SMILES string of the molecule is CCCCCCCCCCCC=CC[C@@H](O)[C@@H](O)[C@H](CO[C@@H]1O[C@H](CO)[C@H](O)[C@H](O)[C@H]1O)NC(=O)[C@H](O)CCCCCCCCCCCCCCCCCCCCCC. The van der Waals surface area contributed by atoms with Crippen molar-refractivity contribution < 1.29 is 50.0 Å². The Morgan fingerprint density at radius 2 is 1.02 bits per heavy atom. The predicted octanol–water partition coefficient (Wildman–Crippen LogP) is 8.45. The molecule has 0 radical (unpaired) electrons. The first kappa shape index (κ1) is 55.9. The molecule has 1 aliphatic rings. The van der Waals surface area contributed by atoms with E-state index in [0.29, 0.717) is 6.42 Å². The Balaban J connectivity index is 2.39. The van der Waals surface area contributed by atoms with Gasteiger partial charge in [-0.25, -0.2) is 0 Å². The Bertz CT molecular complexity index is 970. The molecule has 11 heteroatoms. The van der Waals surface area contributed by atoms with Crippen molar-refractivity contribution in [2.75, 3.05) is 13.2 Å². The minimum Gasteiger partial charge on any atom is -0.394 e. The highest BCUT2D eigenvalue weighted by Crippen LogP contribution is 2.23.